The van der Waals surface area contributed by atoms with Crippen molar-refractivity contribution in [2.24, 2.45) is 10.9 Å². The molecule has 0 aromatic heterocycles. The van der Waals surface area contributed by atoms with Gasteiger partial charge in [0, 0.05) is 33.3 Å². The molecule has 0 saturated carbocycles. The third-order valence-corrected chi connectivity index (χ3v) is 4.56. The van der Waals surface area contributed by atoms with Crippen LogP contribution >= 0.6 is 0 Å². The number of likely N-dealkylation sites (tertiary alicyclic amines) is 1. The van der Waals surface area contributed by atoms with E-state index in [4.69, 9.17) is 9.47 Å². The number of piperidine rings is 1. The van der Waals surface area contributed by atoms with Gasteiger partial charge in [-0.3, -0.25) is 9.79 Å². The molecule has 1 aliphatic rings. The van der Waals surface area contributed by atoms with Crippen molar-refractivity contribution in [3.63, 3.8) is 0 Å². The van der Waals surface area contributed by atoms with Crippen LogP contribution in [-0.4, -0.2) is 50.7 Å². The van der Waals surface area contributed by atoms with Crippen molar-refractivity contribution in [2.75, 3.05) is 33.9 Å². The lowest BCUT2D eigenvalue weighted by Gasteiger charge is -2.33. The second kappa shape index (κ2) is 10.0. The smallest absolute Gasteiger partial charge is 0.308 e. The first-order valence-corrected chi connectivity index (χ1v) is 8.87. The predicted octanol–water partition coefficient (Wildman–Crippen LogP) is 2.18. The molecular weight excluding hydrogens is 318 g/mol. The van der Waals surface area contributed by atoms with Crippen molar-refractivity contribution in [1.29, 1.82) is 0 Å². The molecule has 0 atom stereocenters. The number of methoxy groups -OCH3 is 1. The number of benzene rings is 1. The van der Waals surface area contributed by atoms with Crippen molar-refractivity contribution in [2.45, 2.75) is 32.9 Å². The van der Waals surface area contributed by atoms with Gasteiger partial charge in [0.15, 0.2) is 5.96 Å². The highest BCUT2D eigenvalue weighted by Crippen LogP contribution is 2.18. The molecule has 138 valence electrons. The molecule has 0 bridgehead atoms. The zero-order chi connectivity index (χ0) is 18.1. The maximum absolute atomic E-state index is 11.6. The van der Waals surface area contributed by atoms with E-state index in [2.05, 4.69) is 27.3 Å². The Bertz CT molecular complexity index is 581. The van der Waals surface area contributed by atoms with Gasteiger partial charge in [0.25, 0.3) is 0 Å². The minimum absolute atomic E-state index is 0.00581. The Kier molecular flexibility index (Phi) is 7.73. The zero-order valence-corrected chi connectivity index (χ0v) is 15.5. The summed E-state index contributed by atoms with van der Waals surface area (Å²) in [4.78, 5) is 18.2. The number of hydrogen-bond acceptors (Lipinski definition) is 4. The van der Waals surface area contributed by atoms with Gasteiger partial charge in [0.05, 0.1) is 19.6 Å². The Morgan fingerprint density at radius 1 is 1.28 bits per heavy atom. The molecule has 0 unspecified atom stereocenters. The van der Waals surface area contributed by atoms with Gasteiger partial charge < -0.3 is 19.7 Å². The van der Waals surface area contributed by atoms with E-state index >= 15 is 0 Å². The molecule has 1 saturated heterocycles. The predicted molar refractivity (Wildman–Crippen MR) is 98.3 cm³/mol. The summed E-state index contributed by atoms with van der Waals surface area (Å²) >= 11 is 0. The number of carbonyl (C=O) groups is 1. The molecule has 0 radical (unpaired) electrons. The number of nitrogens with one attached hydrogen (secondary N) is 1. The molecular formula is C19H29N3O3. The van der Waals surface area contributed by atoms with Gasteiger partial charge >= 0.3 is 5.97 Å². The largest absolute Gasteiger partial charge is 0.469 e. The van der Waals surface area contributed by atoms with E-state index in [9.17, 15) is 4.79 Å². The lowest BCUT2D eigenvalue weighted by molar-refractivity contribution is -0.146. The van der Waals surface area contributed by atoms with Gasteiger partial charge in [0.1, 0.15) is 0 Å². The fourth-order valence-electron chi connectivity index (χ4n) is 3.08. The van der Waals surface area contributed by atoms with E-state index in [1.165, 1.54) is 18.2 Å². The van der Waals surface area contributed by atoms with Gasteiger partial charge in [-0.05, 0) is 30.9 Å². The number of rotatable bonds is 6. The van der Waals surface area contributed by atoms with Crippen LogP contribution < -0.4 is 5.32 Å². The second-order valence-corrected chi connectivity index (χ2v) is 6.09. The van der Waals surface area contributed by atoms with E-state index < -0.39 is 0 Å². The summed E-state index contributed by atoms with van der Waals surface area (Å²) in [7, 11) is 3.25. The molecule has 1 aromatic rings. The van der Waals surface area contributed by atoms with E-state index in [0.29, 0.717) is 19.8 Å². The molecule has 0 amide bonds. The van der Waals surface area contributed by atoms with Gasteiger partial charge in [-0.25, -0.2) is 0 Å². The SMILES string of the molecule is CCOCc1ccccc1CNC(=NC)N1CCC(C(=O)OC)CC1. The fraction of sp³-hybridized carbons (Fsp3) is 0.579. The number of aliphatic imine (C=N–C) groups is 1. The second-order valence-electron chi connectivity index (χ2n) is 6.09. The Morgan fingerprint density at radius 3 is 2.56 bits per heavy atom. The van der Waals surface area contributed by atoms with Crippen molar-refractivity contribution in [3.05, 3.63) is 35.4 Å². The Hall–Kier alpha value is -2.08. The topological polar surface area (TPSA) is 63.2 Å². The van der Waals surface area contributed by atoms with Crippen LogP contribution in [0.15, 0.2) is 29.3 Å². The van der Waals surface area contributed by atoms with Crippen LogP contribution in [0.25, 0.3) is 0 Å². The maximum atomic E-state index is 11.6. The third-order valence-electron chi connectivity index (χ3n) is 4.56. The Labute approximate surface area is 150 Å². The number of carbonyl (C=O) groups excluding carboxylic acids is 1. The van der Waals surface area contributed by atoms with Crippen LogP contribution in [0, 0.1) is 5.92 Å². The van der Waals surface area contributed by atoms with Crippen molar-refractivity contribution in [3.8, 4) is 0 Å². The molecule has 6 heteroatoms. The van der Waals surface area contributed by atoms with Crippen LogP contribution in [0.4, 0.5) is 0 Å². The number of nitrogens with zero attached hydrogens (tertiary/aromatic N) is 2. The van der Waals surface area contributed by atoms with Gasteiger partial charge in [-0.2, -0.15) is 0 Å². The van der Waals surface area contributed by atoms with Gasteiger partial charge in [0.2, 0.25) is 0 Å². The first-order chi connectivity index (χ1) is 12.2. The molecule has 1 aromatic carbocycles. The third kappa shape index (κ3) is 5.46. The van der Waals surface area contributed by atoms with Gasteiger partial charge in [-0.15, -0.1) is 0 Å². The highest BCUT2D eigenvalue weighted by Gasteiger charge is 2.26. The number of hydrogen-bond donors (Lipinski definition) is 1. The van der Waals surface area contributed by atoms with E-state index in [1.54, 1.807) is 7.05 Å². The van der Waals surface area contributed by atoms with Crippen LogP contribution in [-0.2, 0) is 27.4 Å². The molecule has 0 aliphatic carbocycles. The number of ether oxygens (including phenoxy) is 2. The summed E-state index contributed by atoms with van der Waals surface area (Å²) < 4.78 is 10.4. The van der Waals surface area contributed by atoms with E-state index in [0.717, 1.165) is 31.9 Å². The molecule has 1 aliphatic heterocycles. The normalized spacial score (nSPS) is 16.0. The lowest BCUT2D eigenvalue weighted by atomic mass is 9.97. The van der Waals surface area contributed by atoms with E-state index in [-0.39, 0.29) is 11.9 Å². The monoisotopic (exact) mass is 347 g/mol. The molecule has 6 nitrogen and oxygen atoms in total. The Balaban J connectivity index is 1.90. The first-order valence-electron chi connectivity index (χ1n) is 8.87. The van der Waals surface area contributed by atoms with Crippen LogP contribution in [0.3, 0.4) is 0 Å². The quantitative estimate of drug-likeness (QED) is 0.485. The average Bonchev–Trinajstić information content (AvgIpc) is 2.67. The van der Waals surface area contributed by atoms with Crippen molar-refractivity contribution >= 4 is 11.9 Å². The van der Waals surface area contributed by atoms with Crippen molar-refractivity contribution < 1.29 is 14.3 Å². The molecule has 1 heterocycles. The summed E-state index contributed by atoms with van der Waals surface area (Å²) in [6.07, 6.45) is 1.60. The summed E-state index contributed by atoms with van der Waals surface area (Å²) in [6, 6.07) is 8.27. The maximum Gasteiger partial charge on any atom is 0.308 e. The summed E-state index contributed by atoms with van der Waals surface area (Å²) in [5.74, 6) is 0.772. The highest BCUT2D eigenvalue weighted by molar-refractivity contribution is 5.80. The fourth-order valence-corrected chi connectivity index (χ4v) is 3.08. The molecule has 25 heavy (non-hydrogen) atoms. The summed E-state index contributed by atoms with van der Waals surface area (Å²) in [5.41, 5.74) is 2.40. The minimum Gasteiger partial charge on any atom is -0.469 e. The van der Waals surface area contributed by atoms with Gasteiger partial charge in [-0.1, -0.05) is 24.3 Å². The minimum atomic E-state index is -0.104. The van der Waals surface area contributed by atoms with Crippen LogP contribution in [0.2, 0.25) is 0 Å². The molecule has 0 spiro atoms. The first kappa shape index (κ1) is 19.2. The van der Waals surface area contributed by atoms with Crippen LogP contribution in [0.5, 0.6) is 0 Å². The lowest BCUT2D eigenvalue weighted by Crippen LogP contribution is -2.46. The average molecular weight is 347 g/mol. The number of esters is 1. The molecule has 2 rings (SSSR count). The summed E-state index contributed by atoms with van der Waals surface area (Å²) in [5, 5.41) is 3.43. The van der Waals surface area contributed by atoms with Crippen molar-refractivity contribution in [1.82, 2.24) is 10.2 Å². The standard InChI is InChI=1S/C19H29N3O3/c1-4-25-14-17-8-6-5-7-16(17)13-21-19(20-2)22-11-9-15(10-12-22)18(23)24-3/h5-8,15H,4,9-14H2,1-3H3,(H,20,21). The molecule has 1 N–H and O–H groups in total. The highest BCUT2D eigenvalue weighted by atomic mass is 16.5. The zero-order valence-electron chi connectivity index (χ0n) is 15.5. The molecule has 1 fully saturated rings. The van der Waals surface area contributed by atoms with E-state index in [1.807, 2.05) is 19.1 Å². The Morgan fingerprint density at radius 2 is 1.96 bits per heavy atom. The van der Waals surface area contributed by atoms with Crippen LogP contribution in [0.1, 0.15) is 30.9 Å². The number of guanidine groups is 1. The summed E-state index contributed by atoms with van der Waals surface area (Å²) in [6.45, 7) is 5.64.